The number of ether oxygens (including phenoxy) is 1. The molecule has 7 heteroatoms. The summed E-state index contributed by atoms with van der Waals surface area (Å²) in [4.78, 5) is 20.8. The Morgan fingerprint density at radius 3 is 3.00 bits per heavy atom. The van der Waals surface area contributed by atoms with Crippen LogP contribution < -0.4 is 15.8 Å². The van der Waals surface area contributed by atoms with Crippen LogP contribution >= 0.6 is 11.3 Å². The van der Waals surface area contributed by atoms with Crippen molar-refractivity contribution in [3.05, 3.63) is 59.1 Å². The van der Waals surface area contributed by atoms with Crippen molar-refractivity contribution in [1.82, 2.24) is 15.3 Å². The molecular weight excluding hydrogens is 312 g/mol. The van der Waals surface area contributed by atoms with Gasteiger partial charge in [-0.1, -0.05) is 12.2 Å². The standard InChI is InChI=1S/C16H16N4O2S/c17-15-14(18-8-9-19-15)16(21)20-10-12-6-7-13(23-12)22-11-4-2-1-3-5-11/h1-2,4,6-9H,3,5,10H2,(H2,17,19)(H,20,21). The van der Waals surface area contributed by atoms with Crippen molar-refractivity contribution in [2.24, 2.45) is 0 Å². The fourth-order valence-corrected chi connectivity index (χ4v) is 2.90. The molecule has 0 saturated heterocycles. The minimum Gasteiger partial charge on any atom is -0.451 e. The van der Waals surface area contributed by atoms with E-state index in [9.17, 15) is 4.79 Å². The van der Waals surface area contributed by atoms with E-state index in [1.54, 1.807) is 0 Å². The number of carbonyl (C=O) groups excluding carboxylic acids is 1. The zero-order valence-electron chi connectivity index (χ0n) is 12.4. The molecule has 3 rings (SSSR count). The Kier molecular flexibility index (Phi) is 4.68. The van der Waals surface area contributed by atoms with Gasteiger partial charge in [0, 0.05) is 23.7 Å². The molecule has 0 atom stereocenters. The van der Waals surface area contributed by atoms with Crippen molar-refractivity contribution in [1.29, 1.82) is 0 Å². The first-order valence-electron chi connectivity index (χ1n) is 7.19. The maximum atomic E-state index is 12.0. The molecule has 0 aliphatic heterocycles. The number of rotatable bonds is 5. The van der Waals surface area contributed by atoms with Crippen LogP contribution in [0.25, 0.3) is 0 Å². The molecule has 1 aliphatic rings. The van der Waals surface area contributed by atoms with Gasteiger partial charge in [-0.05, 0) is 24.6 Å². The quantitative estimate of drug-likeness (QED) is 0.880. The largest absolute Gasteiger partial charge is 0.451 e. The molecule has 0 saturated carbocycles. The number of carbonyl (C=O) groups is 1. The van der Waals surface area contributed by atoms with Gasteiger partial charge in [0.2, 0.25) is 0 Å². The van der Waals surface area contributed by atoms with E-state index in [1.165, 1.54) is 23.7 Å². The normalized spacial score (nSPS) is 13.5. The van der Waals surface area contributed by atoms with E-state index in [1.807, 2.05) is 24.3 Å². The predicted octanol–water partition coefficient (Wildman–Crippen LogP) is 2.66. The first-order chi connectivity index (χ1) is 11.2. The Balaban J connectivity index is 1.57. The van der Waals surface area contributed by atoms with Gasteiger partial charge in [0.15, 0.2) is 16.6 Å². The third-order valence-corrected chi connectivity index (χ3v) is 4.17. The zero-order valence-corrected chi connectivity index (χ0v) is 13.2. The highest BCUT2D eigenvalue weighted by Gasteiger charge is 2.12. The molecule has 23 heavy (non-hydrogen) atoms. The molecule has 118 valence electrons. The van der Waals surface area contributed by atoms with Crippen molar-refractivity contribution < 1.29 is 9.53 Å². The van der Waals surface area contributed by atoms with E-state index in [0.717, 1.165) is 28.5 Å². The molecule has 1 amide bonds. The predicted molar refractivity (Wildman–Crippen MR) is 89.0 cm³/mol. The highest BCUT2D eigenvalue weighted by molar-refractivity contribution is 7.13. The fourth-order valence-electron chi connectivity index (χ4n) is 2.08. The van der Waals surface area contributed by atoms with Gasteiger partial charge in [-0.2, -0.15) is 0 Å². The summed E-state index contributed by atoms with van der Waals surface area (Å²) in [6.07, 6.45) is 10.9. The number of thiophene rings is 1. The van der Waals surface area contributed by atoms with Gasteiger partial charge in [0.1, 0.15) is 5.76 Å². The second-order valence-electron chi connectivity index (χ2n) is 4.90. The zero-order chi connectivity index (χ0) is 16.1. The number of nitrogens with one attached hydrogen (secondary N) is 1. The van der Waals surface area contributed by atoms with Crippen LogP contribution in [0, 0.1) is 0 Å². The first-order valence-corrected chi connectivity index (χ1v) is 8.01. The molecule has 0 bridgehead atoms. The van der Waals surface area contributed by atoms with E-state index < -0.39 is 0 Å². The van der Waals surface area contributed by atoms with Gasteiger partial charge in [0.25, 0.3) is 5.91 Å². The van der Waals surface area contributed by atoms with Crippen LogP contribution in [0.2, 0.25) is 0 Å². The van der Waals surface area contributed by atoms with Crippen LogP contribution in [0.15, 0.2) is 48.5 Å². The monoisotopic (exact) mass is 328 g/mol. The lowest BCUT2D eigenvalue weighted by Crippen LogP contribution is -2.24. The third kappa shape index (κ3) is 3.95. The summed E-state index contributed by atoms with van der Waals surface area (Å²) in [5.41, 5.74) is 5.77. The van der Waals surface area contributed by atoms with Crippen LogP contribution in [-0.4, -0.2) is 15.9 Å². The molecule has 3 N–H and O–H groups in total. The van der Waals surface area contributed by atoms with Crippen LogP contribution in [0.5, 0.6) is 5.06 Å². The maximum Gasteiger partial charge on any atom is 0.274 e. The van der Waals surface area contributed by atoms with Crippen LogP contribution in [-0.2, 0) is 6.54 Å². The first kappa shape index (κ1) is 15.2. The second-order valence-corrected chi connectivity index (χ2v) is 6.03. The van der Waals surface area contributed by atoms with E-state index in [0.29, 0.717) is 6.54 Å². The third-order valence-electron chi connectivity index (χ3n) is 3.21. The Hall–Kier alpha value is -2.67. The topological polar surface area (TPSA) is 90.1 Å². The van der Waals surface area contributed by atoms with E-state index in [2.05, 4.69) is 21.4 Å². The highest BCUT2D eigenvalue weighted by Crippen LogP contribution is 2.28. The SMILES string of the molecule is Nc1nccnc1C(=O)NCc1ccc(OC2=CC=CCC2)s1. The van der Waals surface area contributed by atoms with Gasteiger partial charge in [-0.25, -0.2) is 9.97 Å². The minimum atomic E-state index is -0.341. The molecule has 0 aromatic carbocycles. The average molecular weight is 328 g/mol. The summed E-state index contributed by atoms with van der Waals surface area (Å²) in [5.74, 6) is 0.737. The number of nitrogen functional groups attached to an aromatic ring is 1. The summed E-state index contributed by atoms with van der Waals surface area (Å²) < 4.78 is 5.82. The fraction of sp³-hybridized carbons (Fsp3) is 0.188. The molecule has 6 nitrogen and oxygen atoms in total. The number of anilines is 1. The Labute approximate surface area is 137 Å². The smallest absolute Gasteiger partial charge is 0.274 e. The van der Waals surface area contributed by atoms with Crippen LogP contribution in [0.3, 0.4) is 0 Å². The maximum absolute atomic E-state index is 12.0. The highest BCUT2D eigenvalue weighted by atomic mass is 32.1. The second kappa shape index (κ2) is 7.06. The van der Waals surface area contributed by atoms with E-state index in [4.69, 9.17) is 10.5 Å². The molecule has 2 aromatic heterocycles. The van der Waals surface area contributed by atoms with Gasteiger partial charge < -0.3 is 15.8 Å². The Bertz CT molecular complexity index is 767. The number of aromatic nitrogens is 2. The number of nitrogens with two attached hydrogens (primary N) is 1. The molecule has 0 fully saturated rings. The Morgan fingerprint density at radius 1 is 1.35 bits per heavy atom. The van der Waals surface area contributed by atoms with E-state index in [-0.39, 0.29) is 17.4 Å². The van der Waals surface area contributed by atoms with Crippen molar-refractivity contribution in [2.45, 2.75) is 19.4 Å². The molecule has 2 aromatic rings. The van der Waals surface area contributed by atoms with Gasteiger partial charge in [-0.3, -0.25) is 4.79 Å². The summed E-state index contributed by atoms with van der Waals surface area (Å²) in [6, 6.07) is 3.83. The molecule has 2 heterocycles. The van der Waals surface area contributed by atoms with Gasteiger partial charge in [-0.15, -0.1) is 11.3 Å². The van der Waals surface area contributed by atoms with Crippen molar-refractivity contribution >= 4 is 23.1 Å². The van der Waals surface area contributed by atoms with Gasteiger partial charge >= 0.3 is 0 Å². The number of hydrogen-bond donors (Lipinski definition) is 2. The summed E-state index contributed by atoms with van der Waals surface area (Å²) >= 11 is 1.50. The van der Waals surface area contributed by atoms with Crippen LogP contribution in [0.1, 0.15) is 28.2 Å². The minimum absolute atomic E-state index is 0.123. The van der Waals surface area contributed by atoms with Crippen LogP contribution in [0.4, 0.5) is 5.82 Å². The van der Waals surface area contributed by atoms with Crippen molar-refractivity contribution in [3.63, 3.8) is 0 Å². The summed E-state index contributed by atoms with van der Waals surface area (Å²) in [7, 11) is 0. The number of nitrogens with zero attached hydrogens (tertiary/aromatic N) is 2. The van der Waals surface area contributed by atoms with E-state index >= 15 is 0 Å². The number of hydrogen-bond acceptors (Lipinski definition) is 6. The molecule has 0 unspecified atom stereocenters. The lowest BCUT2D eigenvalue weighted by molar-refractivity contribution is 0.0947. The number of allylic oxidation sites excluding steroid dienone is 4. The molecule has 0 radical (unpaired) electrons. The average Bonchev–Trinajstić information content (AvgIpc) is 3.01. The lowest BCUT2D eigenvalue weighted by Gasteiger charge is -2.08. The molecular formula is C16H16N4O2S. The number of amides is 1. The lowest BCUT2D eigenvalue weighted by atomic mass is 10.2. The summed E-state index contributed by atoms with van der Waals surface area (Å²) in [5, 5.41) is 3.60. The van der Waals surface area contributed by atoms with Crippen molar-refractivity contribution in [3.8, 4) is 5.06 Å². The van der Waals surface area contributed by atoms with Gasteiger partial charge in [0.05, 0.1) is 6.54 Å². The molecule has 0 spiro atoms. The Morgan fingerprint density at radius 2 is 2.22 bits per heavy atom. The van der Waals surface area contributed by atoms with Crippen molar-refractivity contribution in [2.75, 3.05) is 5.73 Å². The summed E-state index contributed by atoms with van der Waals surface area (Å²) in [6.45, 7) is 0.391. The molecule has 1 aliphatic carbocycles.